The van der Waals surface area contributed by atoms with E-state index in [4.69, 9.17) is 0 Å². The van der Waals surface area contributed by atoms with Crippen molar-refractivity contribution in [3.63, 3.8) is 0 Å². The molecule has 0 spiro atoms. The number of anilines is 2. The number of thioether (sulfide) groups is 1. The molecular formula is C15H13BrN2O2S. The quantitative estimate of drug-likeness (QED) is 0.774. The molecule has 0 saturated carbocycles. The molecule has 0 aliphatic carbocycles. The van der Waals surface area contributed by atoms with Crippen molar-refractivity contribution in [2.24, 2.45) is 0 Å². The summed E-state index contributed by atoms with van der Waals surface area (Å²) in [7, 11) is 0. The van der Waals surface area contributed by atoms with Crippen LogP contribution in [0.5, 0.6) is 5.75 Å². The van der Waals surface area contributed by atoms with Gasteiger partial charge in [0.1, 0.15) is 5.75 Å². The molecule has 2 aromatic rings. The second-order valence-electron chi connectivity index (χ2n) is 4.69. The van der Waals surface area contributed by atoms with Crippen molar-refractivity contribution in [3.8, 4) is 5.75 Å². The number of carbonyl (C=O) groups is 1. The van der Waals surface area contributed by atoms with Crippen LogP contribution in [0.3, 0.4) is 0 Å². The van der Waals surface area contributed by atoms with E-state index >= 15 is 0 Å². The fourth-order valence-electron chi connectivity index (χ4n) is 2.06. The minimum Gasteiger partial charge on any atom is -0.507 e. The van der Waals surface area contributed by atoms with Crippen LogP contribution in [0.2, 0.25) is 0 Å². The molecular weight excluding hydrogens is 352 g/mol. The third kappa shape index (κ3) is 3.33. The normalized spacial score (nSPS) is 13.5. The van der Waals surface area contributed by atoms with Crippen molar-refractivity contribution >= 4 is 45.0 Å². The highest BCUT2D eigenvalue weighted by Crippen LogP contribution is 2.33. The van der Waals surface area contributed by atoms with Gasteiger partial charge in [-0.15, -0.1) is 11.8 Å². The number of phenolic OH excluding ortho intramolecular Hbond substituents is 1. The number of benzene rings is 2. The first-order chi connectivity index (χ1) is 10.1. The zero-order chi connectivity index (χ0) is 14.8. The van der Waals surface area contributed by atoms with Crippen LogP contribution in [0, 0.1) is 0 Å². The van der Waals surface area contributed by atoms with Gasteiger partial charge in [0.25, 0.3) is 0 Å². The van der Waals surface area contributed by atoms with Crippen LogP contribution in [-0.2, 0) is 11.3 Å². The first-order valence-electron chi connectivity index (χ1n) is 6.40. The van der Waals surface area contributed by atoms with Gasteiger partial charge in [0, 0.05) is 17.1 Å². The Kier molecular flexibility index (Phi) is 4.07. The number of nitrogens with one attached hydrogen (secondary N) is 2. The van der Waals surface area contributed by atoms with Crippen molar-refractivity contribution in [2.45, 2.75) is 11.4 Å². The number of phenols is 1. The second kappa shape index (κ2) is 5.99. The third-order valence-electron chi connectivity index (χ3n) is 3.12. The third-order valence-corrected chi connectivity index (χ3v) is 4.83. The molecule has 0 saturated heterocycles. The Morgan fingerprint density at radius 3 is 2.95 bits per heavy atom. The Bertz CT molecular complexity index is 706. The first-order valence-corrected chi connectivity index (χ1v) is 8.17. The Balaban J connectivity index is 1.72. The van der Waals surface area contributed by atoms with Crippen molar-refractivity contribution in [1.82, 2.24) is 0 Å². The van der Waals surface area contributed by atoms with Crippen molar-refractivity contribution in [1.29, 1.82) is 0 Å². The number of amides is 1. The Morgan fingerprint density at radius 2 is 2.14 bits per heavy atom. The lowest BCUT2D eigenvalue weighted by Crippen LogP contribution is -2.18. The number of rotatable bonds is 3. The maximum Gasteiger partial charge on any atom is 0.234 e. The summed E-state index contributed by atoms with van der Waals surface area (Å²) in [6.45, 7) is 0.638. The van der Waals surface area contributed by atoms with E-state index in [9.17, 15) is 9.90 Å². The lowest BCUT2D eigenvalue weighted by molar-refractivity contribution is -0.113. The Morgan fingerprint density at radius 1 is 1.29 bits per heavy atom. The summed E-state index contributed by atoms with van der Waals surface area (Å²) in [6.07, 6.45) is 0. The lowest BCUT2D eigenvalue weighted by Gasteiger charge is -2.17. The van der Waals surface area contributed by atoms with E-state index in [1.165, 1.54) is 0 Å². The minimum absolute atomic E-state index is 0.0344. The molecule has 6 heteroatoms. The van der Waals surface area contributed by atoms with E-state index in [2.05, 4.69) is 26.6 Å². The number of fused-ring (bicyclic) bond motifs is 1. The molecule has 1 amide bonds. The van der Waals surface area contributed by atoms with E-state index < -0.39 is 0 Å². The molecule has 3 N–H and O–H groups in total. The maximum atomic E-state index is 11.4. The van der Waals surface area contributed by atoms with Gasteiger partial charge in [0.15, 0.2) is 0 Å². The summed E-state index contributed by atoms with van der Waals surface area (Å²) in [4.78, 5) is 12.5. The number of hydrogen-bond donors (Lipinski definition) is 3. The summed E-state index contributed by atoms with van der Waals surface area (Å²) >= 11 is 4.85. The van der Waals surface area contributed by atoms with Gasteiger partial charge in [-0.3, -0.25) is 4.79 Å². The van der Waals surface area contributed by atoms with Gasteiger partial charge in [0.05, 0.1) is 15.9 Å². The second-order valence-corrected chi connectivity index (χ2v) is 6.56. The highest BCUT2D eigenvalue weighted by atomic mass is 79.9. The van der Waals surface area contributed by atoms with Gasteiger partial charge in [0.2, 0.25) is 5.91 Å². The van der Waals surface area contributed by atoms with Gasteiger partial charge < -0.3 is 15.7 Å². The molecule has 2 aromatic carbocycles. The molecule has 0 atom stereocenters. The topological polar surface area (TPSA) is 61.4 Å². The molecule has 1 aliphatic heterocycles. The lowest BCUT2D eigenvalue weighted by atomic mass is 10.2. The van der Waals surface area contributed by atoms with E-state index in [0.717, 1.165) is 21.8 Å². The van der Waals surface area contributed by atoms with Crippen molar-refractivity contribution in [3.05, 3.63) is 46.4 Å². The SMILES string of the molecule is O=C1CSc2ccc(NCc3ccc(O)c(Br)c3)cc2N1. The van der Waals surface area contributed by atoms with Gasteiger partial charge >= 0.3 is 0 Å². The molecule has 0 fully saturated rings. The van der Waals surface area contributed by atoms with E-state index in [-0.39, 0.29) is 11.7 Å². The summed E-state index contributed by atoms with van der Waals surface area (Å²) in [5.41, 5.74) is 2.85. The Labute approximate surface area is 135 Å². The number of carbonyl (C=O) groups excluding carboxylic acids is 1. The summed E-state index contributed by atoms with van der Waals surface area (Å²) in [5, 5.41) is 15.7. The predicted octanol–water partition coefficient (Wildman–Crippen LogP) is 3.81. The van der Waals surface area contributed by atoms with Crippen LogP contribution in [0.1, 0.15) is 5.56 Å². The van der Waals surface area contributed by atoms with Crippen LogP contribution < -0.4 is 10.6 Å². The number of hydrogen-bond acceptors (Lipinski definition) is 4. The summed E-state index contributed by atoms with van der Waals surface area (Å²) in [5.74, 6) is 0.737. The fraction of sp³-hybridized carbons (Fsp3) is 0.133. The highest BCUT2D eigenvalue weighted by Gasteiger charge is 2.15. The summed E-state index contributed by atoms with van der Waals surface area (Å²) in [6, 6.07) is 11.3. The van der Waals surface area contributed by atoms with Gasteiger partial charge in [-0.2, -0.15) is 0 Å². The minimum atomic E-state index is 0.0344. The van der Waals surface area contributed by atoms with Gasteiger partial charge in [-0.25, -0.2) is 0 Å². The van der Waals surface area contributed by atoms with E-state index in [1.807, 2.05) is 30.3 Å². The molecule has 0 aromatic heterocycles. The molecule has 3 rings (SSSR count). The van der Waals surface area contributed by atoms with Crippen molar-refractivity contribution in [2.75, 3.05) is 16.4 Å². The molecule has 1 heterocycles. The molecule has 0 radical (unpaired) electrons. The fourth-order valence-corrected chi connectivity index (χ4v) is 3.27. The van der Waals surface area contributed by atoms with Crippen LogP contribution in [0.15, 0.2) is 45.8 Å². The highest BCUT2D eigenvalue weighted by molar-refractivity contribution is 9.10. The van der Waals surface area contributed by atoms with Crippen LogP contribution in [-0.4, -0.2) is 16.8 Å². The van der Waals surface area contributed by atoms with Gasteiger partial charge in [-0.05, 0) is 51.8 Å². The standard InChI is InChI=1S/C15H13BrN2O2S/c16-11-5-9(1-3-13(11)19)7-17-10-2-4-14-12(6-10)18-15(20)8-21-14/h1-6,17,19H,7-8H2,(H,18,20). The average molecular weight is 365 g/mol. The number of aromatic hydroxyl groups is 1. The first kappa shape index (κ1) is 14.3. The average Bonchev–Trinajstić information content (AvgIpc) is 2.48. The molecule has 0 unspecified atom stereocenters. The number of halogens is 1. The van der Waals surface area contributed by atoms with Crippen LogP contribution in [0.25, 0.3) is 0 Å². The smallest absolute Gasteiger partial charge is 0.234 e. The summed E-state index contributed by atoms with van der Waals surface area (Å²) < 4.78 is 0.677. The van der Waals surface area contributed by atoms with Crippen LogP contribution in [0.4, 0.5) is 11.4 Å². The van der Waals surface area contributed by atoms with Crippen molar-refractivity contribution < 1.29 is 9.90 Å². The van der Waals surface area contributed by atoms with E-state index in [1.54, 1.807) is 17.8 Å². The Hall–Kier alpha value is -1.66. The zero-order valence-electron chi connectivity index (χ0n) is 11.0. The molecule has 21 heavy (non-hydrogen) atoms. The molecule has 0 bridgehead atoms. The molecule has 4 nitrogen and oxygen atoms in total. The monoisotopic (exact) mass is 364 g/mol. The largest absolute Gasteiger partial charge is 0.507 e. The van der Waals surface area contributed by atoms with Gasteiger partial charge in [-0.1, -0.05) is 6.07 Å². The molecule has 1 aliphatic rings. The molecule has 108 valence electrons. The maximum absolute atomic E-state index is 11.4. The predicted molar refractivity (Wildman–Crippen MR) is 88.9 cm³/mol. The van der Waals surface area contributed by atoms with Crippen LogP contribution >= 0.6 is 27.7 Å². The zero-order valence-corrected chi connectivity index (χ0v) is 13.4. The van der Waals surface area contributed by atoms with E-state index in [0.29, 0.717) is 16.8 Å².